The Bertz CT molecular complexity index is 540. The van der Waals surface area contributed by atoms with Crippen LogP contribution >= 0.6 is 11.3 Å². The number of aromatic nitrogens is 1. The number of nitrogens with zero attached hydrogens (tertiary/aromatic N) is 2. The SMILES string of the molecule is COc1ncccc1CN(C)C(=O)Cc1ccsc1. The van der Waals surface area contributed by atoms with E-state index in [9.17, 15) is 4.79 Å². The van der Waals surface area contributed by atoms with Gasteiger partial charge in [0.05, 0.1) is 20.1 Å². The summed E-state index contributed by atoms with van der Waals surface area (Å²) in [6.45, 7) is 0.500. The average Bonchev–Trinajstić information content (AvgIpc) is 2.92. The largest absolute Gasteiger partial charge is 0.481 e. The van der Waals surface area contributed by atoms with Crippen LogP contribution in [0.5, 0.6) is 5.88 Å². The highest BCUT2D eigenvalue weighted by molar-refractivity contribution is 7.07. The minimum Gasteiger partial charge on any atom is -0.481 e. The van der Waals surface area contributed by atoms with E-state index in [1.165, 1.54) is 0 Å². The number of ether oxygens (including phenoxy) is 1. The normalized spacial score (nSPS) is 10.2. The van der Waals surface area contributed by atoms with Gasteiger partial charge in [-0.1, -0.05) is 6.07 Å². The first kappa shape index (κ1) is 13.5. The molecule has 2 heterocycles. The minimum atomic E-state index is 0.0873. The maximum Gasteiger partial charge on any atom is 0.227 e. The van der Waals surface area contributed by atoms with E-state index in [1.807, 2.05) is 29.0 Å². The second-order valence-corrected chi connectivity index (χ2v) is 5.01. The summed E-state index contributed by atoms with van der Waals surface area (Å²) in [5, 5.41) is 3.98. The Hall–Kier alpha value is -1.88. The van der Waals surface area contributed by atoms with Gasteiger partial charge in [0.15, 0.2) is 0 Å². The molecular weight excluding hydrogens is 260 g/mol. The van der Waals surface area contributed by atoms with E-state index in [2.05, 4.69) is 4.98 Å². The summed E-state index contributed by atoms with van der Waals surface area (Å²) in [4.78, 5) is 17.9. The van der Waals surface area contributed by atoms with Crippen molar-refractivity contribution in [3.8, 4) is 5.88 Å². The number of carbonyl (C=O) groups is 1. The third kappa shape index (κ3) is 3.54. The minimum absolute atomic E-state index is 0.0873. The van der Waals surface area contributed by atoms with Gasteiger partial charge in [0.25, 0.3) is 0 Å². The van der Waals surface area contributed by atoms with Crippen molar-refractivity contribution in [1.82, 2.24) is 9.88 Å². The lowest BCUT2D eigenvalue weighted by atomic mass is 10.2. The molecule has 0 aliphatic heterocycles. The number of pyridine rings is 1. The number of carbonyl (C=O) groups excluding carboxylic acids is 1. The molecule has 100 valence electrons. The molecule has 0 aromatic carbocycles. The van der Waals surface area contributed by atoms with Crippen LogP contribution in [0.2, 0.25) is 0 Å². The fourth-order valence-corrected chi connectivity index (χ4v) is 2.44. The molecule has 0 unspecified atom stereocenters. The molecule has 0 saturated heterocycles. The molecule has 0 radical (unpaired) electrons. The Balaban J connectivity index is 2.00. The van der Waals surface area contributed by atoms with Crippen LogP contribution in [-0.4, -0.2) is 29.9 Å². The molecule has 0 bridgehead atoms. The quantitative estimate of drug-likeness (QED) is 0.842. The van der Waals surface area contributed by atoms with E-state index >= 15 is 0 Å². The predicted molar refractivity (Wildman–Crippen MR) is 75.3 cm³/mol. The van der Waals surface area contributed by atoms with E-state index in [-0.39, 0.29) is 5.91 Å². The van der Waals surface area contributed by atoms with Gasteiger partial charge in [-0.25, -0.2) is 4.98 Å². The molecule has 0 aliphatic rings. The molecule has 0 fully saturated rings. The molecule has 2 aromatic heterocycles. The van der Waals surface area contributed by atoms with Crippen LogP contribution in [0, 0.1) is 0 Å². The van der Waals surface area contributed by atoms with Crippen LogP contribution < -0.4 is 4.74 Å². The van der Waals surface area contributed by atoms with Crippen LogP contribution in [0.25, 0.3) is 0 Å². The van der Waals surface area contributed by atoms with Gasteiger partial charge in [0.2, 0.25) is 11.8 Å². The molecule has 0 saturated carbocycles. The van der Waals surface area contributed by atoms with E-state index in [4.69, 9.17) is 4.74 Å². The second-order valence-electron chi connectivity index (χ2n) is 4.23. The van der Waals surface area contributed by atoms with Crippen LogP contribution in [0.4, 0.5) is 0 Å². The van der Waals surface area contributed by atoms with Crippen molar-refractivity contribution >= 4 is 17.2 Å². The summed E-state index contributed by atoms with van der Waals surface area (Å²) >= 11 is 1.60. The Morgan fingerprint density at radius 2 is 2.32 bits per heavy atom. The fraction of sp³-hybridized carbons (Fsp3) is 0.286. The van der Waals surface area contributed by atoms with Gasteiger partial charge in [-0.2, -0.15) is 11.3 Å². The summed E-state index contributed by atoms with van der Waals surface area (Å²) in [7, 11) is 3.38. The summed E-state index contributed by atoms with van der Waals surface area (Å²) in [5.41, 5.74) is 1.96. The number of rotatable bonds is 5. The van der Waals surface area contributed by atoms with Gasteiger partial charge in [-0.3, -0.25) is 4.79 Å². The molecule has 2 rings (SSSR count). The van der Waals surface area contributed by atoms with Crippen molar-refractivity contribution in [2.24, 2.45) is 0 Å². The highest BCUT2D eigenvalue weighted by atomic mass is 32.1. The maximum absolute atomic E-state index is 12.1. The fourth-order valence-electron chi connectivity index (χ4n) is 1.77. The smallest absolute Gasteiger partial charge is 0.227 e. The number of hydrogen-bond donors (Lipinski definition) is 0. The topological polar surface area (TPSA) is 42.4 Å². The lowest BCUT2D eigenvalue weighted by Crippen LogP contribution is -2.27. The van der Waals surface area contributed by atoms with Crippen LogP contribution in [-0.2, 0) is 17.8 Å². The van der Waals surface area contributed by atoms with E-state index < -0.39 is 0 Å². The molecule has 0 atom stereocenters. The number of hydrogen-bond acceptors (Lipinski definition) is 4. The highest BCUT2D eigenvalue weighted by Gasteiger charge is 2.13. The summed E-state index contributed by atoms with van der Waals surface area (Å²) in [6.07, 6.45) is 2.11. The Morgan fingerprint density at radius 3 is 3.00 bits per heavy atom. The summed E-state index contributed by atoms with van der Waals surface area (Å²) in [5.74, 6) is 0.655. The molecule has 5 heteroatoms. The first-order valence-corrected chi connectivity index (χ1v) is 6.88. The lowest BCUT2D eigenvalue weighted by molar-refractivity contribution is -0.129. The molecule has 1 amide bonds. The van der Waals surface area contributed by atoms with Crippen molar-refractivity contribution in [2.45, 2.75) is 13.0 Å². The van der Waals surface area contributed by atoms with Crippen LogP contribution in [0.15, 0.2) is 35.2 Å². The molecule has 0 spiro atoms. The van der Waals surface area contributed by atoms with Crippen molar-refractivity contribution in [3.63, 3.8) is 0 Å². The Labute approximate surface area is 116 Å². The van der Waals surface area contributed by atoms with Gasteiger partial charge in [-0.05, 0) is 28.5 Å². The van der Waals surface area contributed by atoms with Crippen LogP contribution in [0.3, 0.4) is 0 Å². The number of methoxy groups -OCH3 is 1. The van der Waals surface area contributed by atoms with Gasteiger partial charge >= 0.3 is 0 Å². The number of likely N-dealkylation sites (N-methyl/N-ethyl adjacent to an activating group) is 1. The molecule has 19 heavy (non-hydrogen) atoms. The zero-order valence-corrected chi connectivity index (χ0v) is 11.8. The van der Waals surface area contributed by atoms with Crippen molar-refractivity contribution in [3.05, 3.63) is 46.3 Å². The van der Waals surface area contributed by atoms with E-state index in [0.717, 1.165) is 11.1 Å². The lowest BCUT2D eigenvalue weighted by Gasteiger charge is -2.18. The first-order chi connectivity index (χ1) is 9.20. The van der Waals surface area contributed by atoms with E-state index in [0.29, 0.717) is 18.8 Å². The Kier molecular flexibility index (Phi) is 4.52. The summed E-state index contributed by atoms with van der Waals surface area (Å²) in [6, 6.07) is 5.73. The van der Waals surface area contributed by atoms with Crippen LogP contribution in [0.1, 0.15) is 11.1 Å². The number of thiophene rings is 1. The van der Waals surface area contributed by atoms with Crippen molar-refractivity contribution in [2.75, 3.05) is 14.2 Å². The van der Waals surface area contributed by atoms with Gasteiger partial charge in [-0.15, -0.1) is 0 Å². The first-order valence-electron chi connectivity index (χ1n) is 5.93. The summed E-state index contributed by atoms with van der Waals surface area (Å²) < 4.78 is 5.18. The highest BCUT2D eigenvalue weighted by Crippen LogP contribution is 2.16. The molecule has 0 aliphatic carbocycles. The second kappa shape index (κ2) is 6.33. The Morgan fingerprint density at radius 1 is 1.47 bits per heavy atom. The zero-order chi connectivity index (χ0) is 13.7. The monoisotopic (exact) mass is 276 g/mol. The maximum atomic E-state index is 12.1. The van der Waals surface area contributed by atoms with Crippen molar-refractivity contribution < 1.29 is 9.53 Å². The standard InChI is InChI=1S/C14H16N2O2S/c1-16(13(17)8-11-5-7-19-10-11)9-12-4-3-6-15-14(12)18-2/h3-7,10H,8-9H2,1-2H3. The van der Waals surface area contributed by atoms with E-state index in [1.54, 1.807) is 36.6 Å². The van der Waals surface area contributed by atoms with Gasteiger partial charge in [0.1, 0.15) is 0 Å². The third-order valence-electron chi connectivity index (χ3n) is 2.81. The molecule has 4 nitrogen and oxygen atoms in total. The van der Waals surface area contributed by atoms with Crippen molar-refractivity contribution in [1.29, 1.82) is 0 Å². The number of amides is 1. The zero-order valence-electron chi connectivity index (χ0n) is 11.0. The molecular formula is C14H16N2O2S. The molecule has 2 aromatic rings. The average molecular weight is 276 g/mol. The van der Waals surface area contributed by atoms with Gasteiger partial charge in [0, 0.05) is 18.8 Å². The third-order valence-corrected chi connectivity index (χ3v) is 3.54. The predicted octanol–water partition coefficient (Wildman–Crippen LogP) is 2.35. The van der Waals surface area contributed by atoms with Gasteiger partial charge < -0.3 is 9.64 Å². The molecule has 0 N–H and O–H groups in total.